The maximum atomic E-state index is 12.9. The van der Waals surface area contributed by atoms with E-state index in [0.29, 0.717) is 19.3 Å². The Bertz CT molecular complexity index is 967. The lowest BCUT2D eigenvalue weighted by Crippen LogP contribution is -2.30. The monoisotopic (exact) mass is 919 g/mol. The summed E-state index contributed by atoms with van der Waals surface area (Å²) >= 11 is 0. The fraction of sp³-hybridized carbons (Fsp3) is 0.949. The van der Waals surface area contributed by atoms with Gasteiger partial charge < -0.3 is 14.2 Å². The van der Waals surface area contributed by atoms with Crippen molar-refractivity contribution in [3.8, 4) is 0 Å². The quantitative estimate of drug-likeness (QED) is 0.0344. The van der Waals surface area contributed by atoms with Crippen LogP contribution in [0.5, 0.6) is 0 Å². The number of carbonyl (C=O) groups excluding carboxylic acids is 3. The molecule has 0 rings (SSSR count). The van der Waals surface area contributed by atoms with Gasteiger partial charge in [0.25, 0.3) is 0 Å². The van der Waals surface area contributed by atoms with E-state index in [4.69, 9.17) is 14.2 Å². The number of hydrogen-bond acceptors (Lipinski definition) is 6. The second-order valence-corrected chi connectivity index (χ2v) is 20.3. The molecule has 0 aliphatic heterocycles. The van der Waals surface area contributed by atoms with Crippen molar-refractivity contribution in [1.82, 2.24) is 0 Å². The number of unbranched alkanes of at least 4 members (excludes halogenated alkanes) is 44. The topological polar surface area (TPSA) is 78.9 Å². The molecule has 0 radical (unpaired) electrons. The zero-order valence-electron chi connectivity index (χ0n) is 44.3. The highest BCUT2D eigenvalue weighted by Crippen LogP contribution is 2.18. The Kier molecular flexibility index (Phi) is 53.7. The van der Waals surface area contributed by atoms with Crippen molar-refractivity contribution in [1.29, 1.82) is 0 Å². The van der Waals surface area contributed by atoms with Crippen LogP contribution in [0.4, 0.5) is 0 Å². The standard InChI is InChI=1S/C59H114O6/c1-4-7-10-13-16-19-22-25-28-30-32-34-37-40-43-46-49-52-58(61)64-55-56(54-63-57(60)51-48-45-42-39-36-33-27-24-21-18-15-12-9-6-3)65-59(62)53-50-47-44-41-38-35-31-29-26-23-20-17-14-11-8-5-2/h56H,4-55H2,1-3H3. The van der Waals surface area contributed by atoms with E-state index >= 15 is 0 Å². The molecule has 0 saturated heterocycles. The first kappa shape index (κ1) is 63.4. The summed E-state index contributed by atoms with van der Waals surface area (Å²) in [6, 6.07) is 0. The zero-order chi connectivity index (χ0) is 47.2. The summed E-state index contributed by atoms with van der Waals surface area (Å²) < 4.78 is 16.9. The van der Waals surface area contributed by atoms with Gasteiger partial charge in [-0.25, -0.2) is 0 Å². The van der Waals surface area contributed by atoms with Gasteiger partial charge in [0, 0.05) is 19.3 Å². The van der Waals surface area contributed by atoms with Crippen molar-refractivity contribution in [3.05, 3.63) is 0 Å². The highest BCUT2D eigenvalue weighted by atomic mass is 16.6. The molecule has 0 aliphatic rings. The van der Waals surface area contributed by atoms with Gasteiger partial charge in [0.2, 0.25) is 0 Å². The summed E-state index contributed by atoms with van der Waals surface area (Å²) in [7, 11) is 0. The lowest BCUT2D eigenvalue weighted by molar-refractivity contribution is -0.167. The first-order valence-corrected chi connectivity index (χ1v) is 29.5. The maximum absolute atomic E-state index is 12.9. The third-order valence-corrected chi connectivity index (χ3v) is 13.6. The molecule has 6 heteroatoms. The number of hydrogen-bond donors (Lipinski definition) is 0. The van der Waals surface area contributed by atoms with E-state index in [-0.39, 0.29) is 31.1 Å². The molecule has 0 aromatic heterocycles. The van der Waals surface area contributed by atoms with Gasteiger partial charge in [0.15, 0.2) is 6.10 Å². The fourth-order valence-electron chi connectivity index (χ4n) is 9.15. The van der Waals surface area contributed by atoms with E-state index in [1.807, 2.05) is 0 Å². The zero-order valence-corrected chi connectivity index (χ0v) is 44.3. The van der Waals surface area contributed by atoms with Gasteiger partial charge in [-0.15, -0.1) is 0 Å². The molecule has 1 unspecified atom stereocenters. The third-order valence-electron chi connectivity index (χ3n) is 13.6. The minimum atomic E-state index is -0.761. The largest absolute Gasteiger partial charge is 0.462 e. The van der Waals surface area contributed by atoms with E-state index < -0.39 is 6.10 Å². The van der Waals surface area contributed by atoms with Crippen LogP contribution in [0.15, 0.2) is 0 Å². The Balaban J connectivity index is 4.28. The minimum Gasteiger partial charge on any atom is -0.462 e. The molecule has 6 nitrogen and oxygen atoms in total. The van der Waals surface area contributed by atoms with Gasteiger partial charge in [-0.05, 0) is 19.3 Å². The molecule has 0 aromatic rings. The number of rotatable bonds is 55. The van der Waals surface area contributed by atoms with Gasteiger partial charge in [-0.1, -0.05) is 303 Å². The Morgan fingerprint density at radius 1 is 0.246 bits per heavy atom. The molecule has 0 heterocycles. The lowest BCUT2D eigenvalue weighted by Gasteiger charge is -2.18. The fourth-order valence-corrected chi connectivity index (χ4v) is 9.15. The third kappa shape index (κ3) is 53.2. The second kappa shape index (κ2) is 55.0. The average Bonchev–Trinajstić information content (AvgIpc) is 3.30. The molecule has 65 heavy (non-hydrogen) atoms. The highest BCUT2D eigenvalue weighted by molar-refractivity contribution is 5.71. The Hall–Kier alpha value is -1.59. The Morgan fingerprint density at radius 2 is 0.415 bits per heavy atom. The molecule has 0 aromatic carbocycles. The van der Waals surface area contributed by atoms with Crippen LogP contribution in [-0.2, 0) is 28.6 Å². The van der Waals surface area contributed by atoms with Crippen LogP contribution in [0.25, 0.3) is 0 Å². The second-order valence-electron chi connectivity index (χ2n) is 20.3. The summed E-state index contributed by atoms with van der Waals surface area (Å²) in [6.07, 6.45) is 60.9. The summed E-state index contributed by atoms with van der Waals surface area (Å²) in [5.74, 6) is -0.830. The van der Waals surface area contributed by atoms with E-state index in [0.717, 1.165) is 57.8 Å². The van der Waals surface area contributed by atoms with Crippen LogP contribution in [0, 0.1) is 0 Å². The van der Waals surface area contributed by atoms with Crippen LogP contribution in [0.3, 0.4) is 0 Å². The molecule has 0 N–H and O–H groups in total. The smallest absolute Gasteiger partial charge is 0.306 e. The van der Waals surface area contributed by atoms with Crippen molar-refractivity contribution in [3.63, 3.8) is 0 Å². The minimum absolute atomic E-state index is 0.0609. The van der Waals surface area contributed by atoms with Crippen LogP contribution in [0.1, 0.15) is 342 Å². The van der Waals surface area contributed by atoms with Crippen molar-refractivity contribution < 1.29 is 28.6 Å². The molecule has 0 aliphatic carbocycles. The average molecular weight is 920 g/mol. The van der Waals surface area contributed by atoms with Crippen molar-refractivity contribution in [2.24, 2.45) is 0 Å². The Labute approximate surface area is 406 Å². The van der Waals surface area contributed by atoms with E-state index in [1.54, 1.807) is 0 Å². The molecular formula is C59H114O6. The van der Waals surface area contributed by atoms with Crippen LogP contribution in [0.2, 0.25) is 0 Å². The lowest BCUT2D eigenvalue weighted by atomic mass is 10.0. The van der Waals surface area contributed by atoms with Gasteiger partial charge in [0.1, 0.15) is 13.2 Å². The first-order chi connectivity index (χ1) is 32.0. The van der Waals surface area contributed by atoms with Crippen molar-refractivity contribution in [2.75, 3.05) is 13.2 Å². The molecule has 1 atom stereocenters. The molecule has 0 fully saturated rings. The van der Waals surface area contributed by atoms with Gasteiger partial charge in [0.05, 0.1) is 0 Å². The number of esters is 3. The van der Waals surface area contributed by atoms with Gasteiger partial charge in [-0.2, -0.15) is 0 Å². The SMILES string of the molecule is CCCCCCCCCCCCCCCCCCCC(=O)OCC(COC(=O)CCCCCCCCCCCCCCCC)OC(=O)CCCCCCCCCCCCCCCCCC. The van der Waals surface area contributed by atoms with Crippen LogP contribution >= 0.6 is 0 Å². The van der Waals surface area contributed by atoms with E-state index in [1.165, 1.54) is 244 Å². The predicted octanol–water partition coefficient (Wildman–Crippen LogP) is 19.5. The molecule has 0 bridgehead atoms. The maximum Gasteiger partial charge on any atom is 0.306 e. The van der Waals surface area contributed by atoms with Crippen molar-refractivity contribution in [2.45, 2.75) is 348 Å². The first-order valence-electron chi connectivity index (χ1n) is 29.5. The number of ether oxygens (including phenoxy) is 3. The van der Waals surface area contributed by atoms with E-state index in [2.05, 4.69) is 20.8 Å². The van der Waals surface area contributed by atoms with Crippen molar-refractivity contribution >= 4 is 17.9 Å². The Morgan fingerprint density at radius 3 is 0.615 bits per heavy atom. The van der Waals surface area contributed by atoms with Crippen LogP contribution in [-0.4, -0.2) is 37.2 Å². The van der Waals surface area contributed by atoms with Gasteiger partial charge >= 0.3 is 17.9 Å². The summed E-state index contributed by atoms with van der Waals surface area (Å²) in [6.45, 7) is 6.71. The summed E-state index contributed by atoms with van der Waals surface area (Å²) in [5, 5.41) is 0. The molecule has 0 saturated carbocycles. The summed E-state index contributed by atoms with van der Waals surface area (Å²) in [4.78, 5) is 38.2. The summed E-state index contributed by atoms with van der Waals surface area (Å²) in [5.41, 5.74) is 0. The normalized spacial score (nSPS) is 11.9. The molecule has 0 amide bonds. The number of carbonyl (C=O) groups is 3. The highest BCUT2D eigenvalue weighted by Gasteiger charge is 2.19. The predicted molar refractivity (Wildman–Crippen MR) is 280 cm³/mol. The molecule has 0 spiro atoms. The van der Waals surface area contributed by atoms with E-state index in [9.17, 15) is 14.4 Å². The van der Waals surface area contributed by atoms with Gasteiger partial charge in [-0.3, -0.25) is 14.4 Å². The molecular weight excluding hydrogens is 805 g/mol. The van der Waals surface area contributed by atoms with Crippen LogP contribution < -0.4 is 0 Å². The molecule has 386 valence electrons.